The lowest BCUT2D eigenvalue weighted by Crippen LogP contribution is -2.45. The first-order chi connectivity index (χ1) is 13.1. The smallest absolute Gasteiger partial charge is 0.418 e. The van der Waals surface area contributed by atoms with E-state index in [0.717, 1.165) is 22.9 Å². The molecule has 0 aliphatic carbocycles. The Bertz CT molecular complexity index is 956. The number of para-hydroxylation sites is 1. The van der Waals surface area contributed by atoms with Gasteiger partial charge in [-0.05, 0) is 19.1 Å². The fraction of sp³-hybridized carbons (Fsp3) is 0.294. The number of halogens is 3. The van der Waals surface area contributed by atoms with Crippen molar-refractivity contribution in [3.63, 3.8) is 0 Å². The van der Waals surface area contributed by atoms with Crippen molar-refractivity contribution in [3.8, 4) is 5.69 Å². The molecule has 0 radical (unpaired) electrons. The number of carboxylic acid groups (broad SMARTS) is 1. The monoisotopic (exact) mass is 399 g/mol. The molecule has 1 atom stereocenters. The van der Waals surface area contributed by atoms with Gasteiger partial charge in [0.1, 0.15) is 0 Å². The van der Waals surface area contributed by atoms with Gasteiger partial charge >= 0.3 is 12.1 Å². The van der Waals surface area contributed by atoms with Crippen LogP contribution in [0.3, 0.4) is 0 Å². The summed E-state index contributed by atoms with van der Waals surface area (Å²) in [5.41, 5.74) is -2.94. The van der Waals surface area contributed by atoms with Crippen LogP contribution < -0.4 is 10.7 Å². The molecule has 150 valence electrons. The van der Waals surface area contributed by atoms with Crippen LogP contribution in [0.4, 0.5) is 13.2 Å². The summed E-state index contributed by atoms with van der Waals surface area (Å²) in [5, 5.41) is 14.9. The highest BCUT2D eigenvalue weighted by molar-refractivity contribution is 5.94. The maximum absolute atomic E-state index is 13.3. The zero-order valence-electron chi connectivity index (χ0n) is 14.8. The van der Waals surface area contributed by atoms with Gasteiger partial charge in [-0.25, -0.2) is 9.48 Å². The van der Waals surface area contributed by atoms with E-state index in [-0.39, 0.29) is 18.0 Å². The first kappa shape index (κ1) is 21.1. The lowest BCUT2D eigenvalue weighted by Gasteiger charge is -2.17. The van der Waals surface area contributed by atoms with Gasteiger partial charge in [-0.1, -0.05) is 12.1 Å². The number of amides is 1. The van der Waals surface area contributed by atoms with Crippen LogP contribution in [0.25, 0.3) is 5.69 Å². The molecule has 28 heavy (non-hydrogen) atoms. The van der Waals surface area contributed by atoms with Gasteiger partial charge in [0.15, 0.2) is 11.7 Å². The summed E-state index contributed by atoms with van der Waals surface area (Å²) in [6, 6.07) is 4.01. The van der Waals surface area contributed by atoms with Gasteiger partial charge in [0.25, 0.3) is 5.91 Å². The standard InChI is InChI=1S/C17H16F3N3O5/c1-9-7-13(24)14(15(25)21-11(8-28-2)16(26)27)22-23(9)12-6-4-3-5-10(12)17(18,19)20/h3-7,11H,8H2,1-2H3,(H,21,25)(H,26,27). The number of carboxylic acids is 1. The Balaban J connectivity index is 2.54. The molecule has 8 nitrogen and oxygen atoms in total. The molecule has 0 spiro atoms. The van der Waals surface area contributed by atoms with Crippen LogP contribution in [-0.2, 0) is 15.7 Å². The van der Waals surface area contributed by atoms with E-state index in [1.165, 1.54) is 26.2 Å². The van der Waals surface area contributed by atoms with Gasteiger partial charge in [-0.15, -0.1) is 0 Å². The summed E-state index contributed by atoms with van der Waals surface area (Å²) in [6.45, 7) is 0.978. The van der Waals surface area contributed by atoms with Crippen LogP contribution in [0.1, 0.15) is 21.7 Å². The molecule has 1 heterocycles. The van der Waals surface area contributed by atoms with Crippen LogP contribution in [0.15, 0.2) is 35.1 Å². The first-order valence-corrected chi connectivity index (χ1v) is 7.86. The largest absolute Gasteiger partial charge is 0.480 e. The number of carbonyl (C=O) groups excluding carboxylic acids is 1. The van der Waals surface area contributed by atoms with E-state index < -0.39 is 40.8 Å². The van der Waals surface area contributed by atoms with Crippen molar-refractivity contribution in [2.45, 2.75) is 19.1 Å². The Morgan fingerprint density at radius 3 is 2.54 bits per heavy atom. The Morgan fingerprint density at radius 2 is 1.96 bits per heavy atom. The minimum absolute atomic E-state index is 0.0601. The molecule has 0 bridgehead atoms. The Morgan fingerprint density at radius 1 is 1.32 bits per heavy atom. The molecule has 0 saturated heterocycles. The van der Waals surface area contributed by atoms with Gasteiger partial charge in [0, 0.05) is 18.9 Å². The van der Waals surface area contributed by atoms with E-state index in [9.17, 15) is 27.6 Å². The number of aromatic nitrogens is 2. The van der Waals surface area contributed by atoms with E-state index in [0.29, 0.717) is 0 Å². The molecule has 1 aromatic carbocycles. The minimum Gasteiger partial charge on any atom is -0.480 e. The molecule has 1 unspecified atom stereocenters. The number of alkyl halides is 3. The number of nitrogens with one attached hydrogen (secondary N) is 1. The van der Waals surface area contributed by atoms with E-state index in [1.54, 1.807) is 0 Å². The van der Waals surface area contributed by atoms with Crippen LogP contribution in [-0.4, -0.2) is 46.5 Å². The quantitative estimate of drug-likeness (QED) is 0.760. The van der Waals surface area contributed by atoms with E-state index >= 15 is 0 Å². The molecule has 2 N–H and O–H groups in total. The number of aryl methyl sites for hydroxylation is 1. The van der Waals surface area contributed by atoms with Crippen molar-refractivity contribution in [3.05, 3.63) is 57.5 Å². The number of methoxy groups -OCH3 is 1. The van der Waals surface area contributed by atoms with E-state index in [4.69, 9.17) is 5.11 Å². The van der Waals surface area contributed by atoms with Crippen molar-refractivity contribution in [1.29, 1.82) is 0 Å². The number of hydrogen-bond acceptors (Lipinski definition) is 5. The van der Waals surface area contributed by atoms with Gasteiger partial charge in [-0.3, -0.25) is 9.59 Å². The first-order valence-electron chi connectivity index (χ1n) is 7.86. The van der Waals surface area contributed by atoms with Crippen LogP contribution in [0.2, 0.25) is 0 Å². The van der Waals surface area contributed by atoms with Crippen molar-refractivity contribution in [2.24, 2.45) is 0 Å². The maximum Gasteiger partial charge on any atom is 0.418 e. The van der Waals surface area contributed by atoms with Crippen molar-refractivity contribution >= 4 is 11.9 Å². The fourth-order valence-electron chi connectivity index (χ4n) is 2.41. The average Bonchev–Trinajstić information content (AvgIpc) is 2.60. The zero-order valence-corrected chi connectivity index (χ0v) is 14.8. The van der Waals surface area contributed by atoms with Gasteiger partial charge in [0.05, 0.1) is 17.9 Å². The lowest BCUT2D eigenvalue weighted by atomic mass is 10.1. The summed E-state index contributed by atoms with van der Waals surface area (Å²) < 4.78 is 45.3. The second-order valence-electron chi connectivity index (χ2n) is 5.74. The number of nitrogens with zero attached hydrogens (tertiary/aromatic N) is 2. The second-order valence-corrected chi connectivity index (χ2v) is 5.74. The molecule has 0 saturated carbocycles. The topological polar surface area (TPSA) is 111 Å². The molecule has 0 aliphatic heterocycles. The summed E-state index contributed by atoms with van der Waals surface area (Å²) >= 11 is 0. The minimum atomic E-state index is -4.69. The molecule has 1 amide bonds. The SMILES string of the molecule is COCC(NC(=O)c1nn(-c2ccccc2C(F)(F)F)c(C)cc1=O)C(=O)O. The molecule has 11 heteroatoms. The number of carbonyl (C=O) groups is 2. The Kier molecular flexibility index (Phi) is 6.19. The predicted molar refractivity (Wildman–Crippen MR) is 90.3 cm³/mol. The van der Waals surface area contributed by atoms with Crippen molar-refractivity contribution in [2.75, 3.05) is 13.7 Å². The number of ether oxygens (including phenoxy) is 1. The molecule has 0 aliphatic rings. The van der Waals surface area contributed by atoms with Crippen molar-refractivity contribution < 1.29 is 32.6 Å². The normalized spacial score (nSPS) is 12.5. The highest BCUT2D eigenvalue weighted by Gasteiger charge is 2.34. The fourth-order valence-corrected chi connectivity index (χ4v) is 2.41. The summed E-state index contributed by atoms with van der Waals surface area (Å²) in [5.74, 6) is -2.56. The van der Waals surface area contributed by atoms with Crippen LogP contribution in [0, 0.1) is 6.92 Å². The van der Waals surface area contributed by atoms with Crippen molar-refractivity contribution in [1.82, 2.24) is 15.1 Å². The molecule has 1 aromatic heterocycles. The molecule has 0 fully saturated rings. The highest BCUT2D eigenvalue weighted by Crippen LogP contribution is 2.33. The zero-order chi connectivity index (χ0) is 21.1. The average molecular weight is 399 g/mol. The van der Waals surface area contributed by atoms with E-state index in [2.05, 4.69) is 15.2 Å². The van der Waals surface area contributed by atoms with Gasteiger partial charge < -0.3 is 15.2 Å². The number of rotatable bonds is 6. The number of benzene rings is 1. The summed E-state index contributed by atoms with van der Waals surface area (Å²) in [7, 11) is 1.22. The third-order valence-electron chi connectivity index (χ3n) is 3.70. The lowest BCUT2D eigenvalue weighted by molar-refractivity contribution is -0.140. The maximum atomic E-state index is 13.3. The van der Waals surface area contributed by atoms with Crippen LogP contribution >= 0.6 is 0 Å². The van der Waals surface area contributed by atoms with Crippen LogP contribution in [0.5, 0.6) is 0 Å². The molecule has 2 aromatic rings. The number of hydrogen-bond donors (Lipinski definition) is 2. The molecular formula is C17H16F3N3O5. The Hall–Kier alpha value is -3.21. The summed E-state index contributed by atoms with van der Waals surface area (Å²) in [4.78, 5) is 35.5. The van der Waals surface area contributed by atoms with Gasteiger partial charge in [-0.2, -0.15) is 18.3 Å². The third kappa shape index (κ3) is 4.55. The Labute approximate surface area is 156 Å². The molecule has 2 rings (SSSR count). The highest BCUT2D eigenvalue weighted by atomic mass is 19.4. The summed E-state index contributed by atoms with van der Waals surface area (Å²) in [6.07, 6.45) is -4.69. The molecular weight excluding hydrogens is 383 g/mol. The number of aliphatic carboxylic acids is 1. The second kappa shape index (κ2) is 8.21. The van der Waals surface area contributed by atoms with Gasteiger partial charge in [0.2, 0.25) is 5.43 Å². The van der Waals surface area contributed by atoms with E-state index in [1.807, 2.05) is 0 Å². The third-order valence-corrected chi connectivity index (χ3v) is 3.70. The predicted octanol–water partition coefficient (Wildman–Crippen LogP) is 1.39.